The Balaban J connectivity index is 2.63. The summed E-state index contributed by atoms with van der Waals surface area (Å²) in [6, 6.07) is 9.08. The van der Waals surface area contributed by atoms with E-state index in [4.69, 9.17) is 14.7 Å². The van der Waals surface area contributed by atoms with Gasteiger partial charge >= 0.3 is 5.97 Å². The van der Waals surface area contributed by atoms with Gasteiger partial charge in [0, 0.05) is 11.9 Å². The Labute approximate surface area is 125 Å². The van der Waals surface area contributed by atoms with Crippen LogP contribution in [0.3, 0.4) is 0 Å². The van der Waals surface area contributed by atoms with Crippen LogP contribution < -0.4 is 10.1 Å². The molecule has 0 spiro atoms. The molecule has 0 radical (unpaired) electrons. The first-order valence-electron chi connectivity index (χ1n) is 6.83. The lowest BCUT2D eigenvalue weighted by molar-refractivity contribution is -0.138. The van der Waals surface area contributed by atoms with E-state index in [9.17, 15) is 4.79 Å². The third-order valence-electron chi connectivity index (χ3n) is 2.44. The van der Waals surface area contributed by atoms with Crippen molar-refractivity contribution in [2.45, 2.75) is 20.8 Å². The maximum Gasteiger partial charge on any atom is 0.350 e. The van der Waals surface area contributed by atoms with Gasteiger partial charge in [-0.15, -0.1) is 0 Å². The monoisotopic (exact) mass is 288 g/mol. The number of nitrogens with zero attached hydrogens (tertiary/aromatic N) is 1. The molecule has 1 aromatic carbocycles. The molecule has 0 saturated carbocycles. The first kappa shape index (κ1) is 16.6. The van der Waals surface area contributed by atoms with Crippen LogP contribution in [-0.4, -0.2) is 19.2 Å². The van der Waals surface area contributed by atoms with Gasteiger partial charge in [0.2, 0.25) is 0 Å². The molecule has 0 aromatic heterocycles. The van der Waals surface area contributed by atoms with Gasteiger partial charge in [-0.2, -0.15) is 5.26 Å². The van der Waals surface area contributed by atoms with Crippen molar-refractivity contribution in [1.82, 2.24) is 0 Å². The van der Waals surface area contributed by atoms with Crippen LogP contribution >= 0.6 is 0 Å². The lowest BCUT2D eigenvalue weighted by atomic mass is 10.2. The first-order chi connectivity index (χ1) is 10.1. The fraction of sp³-hybridized carbons (Fsp3) is 0.375. The maximum absolute atomic E-state index is 11.4. The largest absolute Gasteiger partial charge is 0.493 e. The molecular weight excluding hydrogens is 268 g/mol. The summed E-state index contributed by atoms with van der Waals surface area (Å²) in [5.74, 6) is 0.613. The highest BCUT2D eigenvalue weighted by atomic mass is 16.5. The molecule has 0 aliphatic heterocycles. The van der Waals surface area contributed by atoms with E-state index in [1.807, 2.05) is 24.3 Å². The average Bonchev–Trinajstić information content (AvgIpc) is 2.47. The summed E-state index contributed by atoms with van der Waals surface area (Å²) in [5.41, 5.74) is 0.681. The molecule has 0 bridgehead atoms. The number of benzene rings is 1. The molecule has 1 N–H and O–H groups in total. The van der Waals surface area contributed by atoms with Crippen LogP contribution in [0.25, 0.3) is 0 Å². The lowest BCUT2D eigenvalue weighted by Crippen LogP contribution is -2.08. The van der Waals surface area contributed by atoms with Crippen molar-refractivity contribution in [2.75, 3.05) is 18.5 Å². The summed E-state index contributed by atoms with van der Waals surface area (Å²) >= 11 is 0. The van der Waals surface area contributed by atoms with Gasteiger partial charge < -0.3 is 14.8 Å². The van der Waals surface area contributed by atoms with Crippen LogP contribution in [0.2, 0.25) is 0 Å². The zero-order valence-electron chi connectivity index (χ0n) is 12.6. The Morgan fingerprint density at radius 1 is 1.38 bits per heavy atom. The van der Waals surface area contributed by atoms with Crippen LogP contribution in [0, 0.1) is 17.2 Å². The van der Waals surface area contributed by atoms with E-state index in [-0.39, 0.29) is 12.2 Å². The van der Waals surface area contributed by atoms with Crippen LogP contribution in [-0.2, 0) is 9.53 Å². The van der Waals surface area contributed by atoms with Crippen LogP contribution in [0.5, 0.6) is 5.75 Å². The van der Waals surface area contributed by atoms with Crippen molar-refractivity contribution < 1.29 is 14.3 Å². The Morgan fingerprint density at radius 3 is 2.57 bits per heavy atom. The molecular formula is C16H20N2O3. The fourth-order valence-corrected chi connectivity index (χ4v) is 1.41. The molecule has 0 aliphatic rings. The minimum absolute atomic E-state index is 0.0722. The standard InChI is InChI=1S/C16H20N2O3/c1-4-20-16(19)13(9-17)10-18-14-5-7-15(8-6-14)21-11-12(2)3/h5-8,10,12,18H,4,11H2,1-3H3/b13-10-. The highest BCUT2D eigenvalue weighted by Gasteiger charge is 2.08. The van der Waals surface area contributed by atoms with E-state index in [0.29, 0.717) is 12.5 Å². The summed E-state index contributed by atoms with van der Waals surface area (Å²) in [5, 5.41) is 11.8. The Morgan fingerprint density at radius 2 is 2.05 bits per heavy atom. The predicted molar refractivity (Wildman–Crippen MR) is 80.7 cm³/mol. The molecule has 5 nitrogen and oxygen atoms in total. The van der Waals surface area contributed by atoms with Gasteiger partial charge in [0.05, 0.1) is 13.2 Å². The summed E-state index contributed by atoms with van der Waals surface area (Å²) < 4.78 is 10.3. The molecule has 0 atom stereocenters. The smallest absolute Gasteiger partial charge is 0.350 e. The summed E-state index contributed by atoms with van der Waals surface area (Å²) in [7, 11) is 0. The van der Waals surface area contributed by atoms with Crippen LogP contribution in [0.1, 0.15) is 20.8 Å². The fourth-order valence-electron chi connectivity index (χ4n) is 1.41. The van der Waals surface area contributed by atoms with Gasteiger partial charge in [-0.3, -0.25) is 0 Å². The summed E-state index contributed by atoms with van der Waals surface area (Å²) in [4.78, 5) is 11.4. The number of nitriles is 1. The van der Waals surface area contributed by atoms with Crippen molar-refractivity contribution in [3.05, 3.63) is 36.0 Å². The normalized spacial score (nSPS) is 10.9. The quantitative estimate of drug-likeness (QED) is 0.474. The number of anilines is 1. The van der Waals surface area contributed by atoms with Gasteiger partial charge in [-0.1, -0.05) is 13.8 Å². The zero-order valence-corrected chi connectivity index (χ0v) is 12.6. The minimum Gasteiger partial charge on any atom is -0.493 e. The van der Waals surface area contributed by atoms with Crippen molar-refractivity contribution in [2.24, 2.45) is 5.92 Å². The number of hydrogen-bond donors (Lipinski definition) is 1. The molecule has 0 fully saturated rings. The van der Waals surface area contributed by atoms with Crippen LogP contribution in [0.4, 0.5) is 5.69 Å². The molecule has 5 heteroatoms. The molecule has 1 rings (SSSR count). The number of carbonyl (C=O) groups excluding carboxylic acids is 1. The molecule has 21 heavy (non-hydrogen) atoms. The topological polar surface area (TPSA) is 71.4 Å². The Kier molecular flexibility index (Phi) is 6.82. The average molecular weight is 288 g/mol. The van der Waals surface area contributed by atoms with Gasteiger partial charge in [-0.25, -0.2) is 4.79 Å². The molecule has 1 aromatic rings. The summed E-state index contributed by atoms with van der Waals surface area (Å²) in [6.45, 7) is 6.75. The predicted octanol–water partition coefficient (Wildman–Crippen LogP) is 3.10. The SMILES string of the molecule is CCOC(=O)/C(C#N)=C\Nc1ccc(OCC(C)C)cc1. The molecule has 0 saturated heterocycles. The first-order valence-corrected chi connectivity index (χ1v) is 6.83. The number of hydrogen-bond acceptors (Lipinski definition) is 5. The van der Waals surface area contributed by atoms with Crippen molar-refractivity contribution in [3.63, 3.8) is 0 Å². The third kappa shape index (κ3) is 6.00. The Hall–Kier alpha value is -2.48. The number of rotatable bonds is 7. The van der Waals surface area contributed by atoms with E-state index >= 15 is 0 Å². The minimum atomic E-state index is -0.635. The van der Waals surface area contributed by atoms with Crippen LogP contribution in [0.15, 0.2) is 36.0 Å². The lowest BCUT2D eigenvalue weighted by Gasteiger charge is -2.09. The van der Waals surface area contributed by atoms with E-state index in [1.54, 1.807) is 13.0 Å². The third-order valence-corrected chi connectivity index (χ3v) is 2.44. The van der Waals surface area contributed by atoms with E-state index in [1.165, 1.54) is 6.20 Å². The molecule has 112 valence electrons. The molecule has 0 heterocycles. The van der Waals surface area contributed by atoms with E-state index in [0.717, 1.165) is 11.4 Å². The molecule has 0 aliphatic carbocycles. The van der Waals surface area contributed by atoms with Gasteiger partial charge in [0.1, 0.15) is 11.8 Å². The van der Waals surface area contributed by atoms with Crippen molar-refractivity contribution >= 4 is 11.7 Å². The zero-order chi connectivity index (χ0) is 15.7. The van der Waals surface area contributed by atoms with Gasteiger partial charge in [0.25, 0.3) is 0 Å². The van der Waals surface area contributed by atoms with E-state index in [2.05, 4.69) is 19.2 Å². The van der Waals surface area contributed by atoms with Gasteiger partial charge in [-0.05, 0) is 37.1 Å². The van der Waals surface area contributed by atoms with E-state index < -0.39 is 5.97 Å². The summed E-state index contributed by atoms with van der Waals surface area (Å²) in [6.07, 6.45) is 1.34. The Bertz CT molecular complexity index is 527. The van der Waals surface area contributed by atoms with Gasteiger partial charge in [0.15, 0.2) is 5.57 Å². The van der Waals surface area contributed by atoms with Crippen molar-refractivity contribution in [1.29, 1.82) is 5.26 Å². The highest BCUT2D eigenvalue weighted by molar-refractivity contribution is 5.93. The number of nitrogens with one attached hydrogen (secondary N) is 1. The number of ether oxygens (including phenoxy) is 2. The number of esters is 1. The molecule has 0 amide bonds. The maximum atomic E-state index is 11.4. The second-order valence-electron chi connectivity index (χ2n) is 4.76. The second kappa shape index (κ2) is 8.64. The number of carbonyl (C=O) groups is 1. The molecule has 0 unspecified atom stereocenters. The second-order valence-corrected chi connectivity index (χ2v) is 4.76. The highest BCUT2D eigenvalue weighted by Crippen LogP contribution is 2.16. The van der Waals surface area contributed by atoms with Crippen molar-refractivity contribution in [3.8, 4) is 11.8 Å².